The van der Waals surface area contributed by atoms with Crippen molar-refractivity contribution in [1.29, 1.82) is 0 Å². The fraction of sp³-hybridized carbons (Fsp3) is 0.500. The minimum Gasteiger partial charge on any atom is -0.480 e. The van der Waals surface area contributed by atoms with Gasteiger partial charge in [0.05, 0.1) is 0 Å². The molecule has 0 radical (unpaired) electrons. The lowest BCUT2D eigenvalue weighted by Crippen LogP contribution is -2.42. The molecule has 5 heteroatoms. The normalized spacial score (nSPS) is 26.5. The average molecular weight is 290 g/mol. The summed E-state index contributed by atoms with van der Waals surface area (Å²) in [6.07, 6.45) is 2.72. The van der Waals surface area contributed by atoms with E-state index < -0.39 is 12.0 Å². The van der Waals surface area contributed by atoms with Gasteiger partial charge in [0.1, 0.15) is 6.04 Å². The SMILES string of the molecule is O=C(O)C1CCCC(c2sccc2Br)N1. The zero-order valence-electron chi connectivity index (χ0n) is 8.07. The van der Waals surface area contributed by atoms with E-state index in [2.05, 4.69) is 21.2 Å². The Morgan fingerprint density at radius 3 is 3.00 bits per heavy atom. The van der Waals surface area contributed by atoms with Crippen molar-refractivity contribution in [2.45, 2.75) is 31.3 Å². The van der Waals surface area contributed by atoms with E-state index in [4.69, 9.17) is 5.11 Å². The summed E-state index contributed by atoms with van der Waals surface area (Å²) in [6, 6.07) is 1.80. The van der Waals surface area contributed by atoms with Crippen LogP contribution in [0.15, 0.2) is 15.9 Å². The van der Waals surface area contributed by atoms with E-state index in [-0.39, 0.29) is 6.04 Å². The fourth-order valence-electron chi connectivity index (χ4n) is 1.89. The van der Waals surface area contributed by atoms with E-state index in [9.17, 15) is 4.79 Å². The van der Waals surface area contributed by atoms with Gasteiger partial charge in [0.25, 0.3) is 0 Å². The van der Waals surface area contributed by atoms with Crippen LogP contribution in [0.2, 0.25) is 0 Å². The third kappa shape index (κ3) is 2.41. The third-order valence-electron chi connectivity index (χ3n) is 2.65. The molecule has 1 saturated heterocycles. The van der Waals surface area contributed by atoms with Crippen molar-refractivity contribution < 1.29 is 9.90 Å². The molecule has 0 spiro atoms. The molecule has 1 aromatic heterocycles. The topological polar surface area (TPSA) is 49.3 Å². The predicted molar refractivity (Wildman–Crippen MR) is 63.2 cm³/mol. The van der Waals surface area contributed by atoms with Crippen LogP contribution in [0.25, 0.3) is 0 Å². The molecular formula is C10H12BrNO2S. The van der Waals surface area contributed by atoms with Crippen LogP contribution in [0.5, 0.6) is 0 Å². The molecule has 82 valence electrons. The van der Waals surface area contributed by atoms with Crippen molar-refractivity contribution in [3.05, 3.63) is 20.8 Å². The zero-order chi connectivity index (χ0) is 10.8. The van der Waals surface area contributed by atoms with Crippen LogP contribution in [0.4, 0.5) is 0 Å². The van der Waals surface area contributed by atoms with Crippen molar-refractivity contribution in [3.63, 3.8) is 0 Å². The molecule has 0 saturated carbocycles. The van der Waals surface area contributed by atoms with Gasteiger partial charge in [-0.05, 0) is 46.6 Å². The highest BCUT2D eigenvalue weighted by atomic mass is 79.9. The molecule has 15 heavy (non-hydrogen) atoms. The van der Waals surface area contributed by atoms with E-state index in [0.29, 0.717) is 0 Å². The maximum atomic E-state index is 10.9. The van der Waals surface area contributed by atoms with Crippen LogP contribution in [-0.2, 0) is 4.79 Å². The first-order valence-electron chi connectivity index (χ1n) is 4.90. The predicted octanol–water partition coefficient (Wildman–Crippen LogP) is 2.78. The molecule has 2 unspecified atom stereocenters. The number of piperidine rings is 1. The van der Waals surface area contributed by atoms with Gasteiger partial charge in [0.2, 0.25) is 0 Å². The second kappa shape index (κ2) is 4.63. The Morgan fingerprint density at radius 1 is 1.60 bits per heavy atom. The van der Waals surface area contributed by atoms with Crippen molar-refractivity contribution in [2.24, 2.45) is 0 Å². The largest absolute Gasteiger partial charge is 0.480 e. The molecule has 2 rings (SSSR count). The molecule has 0 aromatic carbocycles. The molecule has 0 amide bonds. The van der Waals surface area contributed by atoms with Gasteiger partial charge < -0.3 is 5.11 Å². The van der Waals surface area contributed by atoms with Crippen LogP contribution in [-0.4, -0.2) is 17.1 Å². The number of hydrogen-bond acceptors (Lipinski definition) is 3. The summed E-state index contributed by atoms with van der Waals surface area (Å²) in [5.41, 5.74) is 0. The van der Waals surface area contributed by atoms with Gasteiger partial charge in [-0.1, -0.05) is 0 Å². The lowest BCUT2D eigenvalue weighted by atomic mass is 9.98. The number of halogens is 1. The fourth-order valence-corrected chi connectivity index (χ4v) is 3.64. The number of carboxylic acid groups (broad SMARTS) is 1. The van der Waals surface area contributed by atoms with E-state index >= 15 is 0 Å². The highest BCUT2D eigenvalue weighted by molar-refractivity contribution is 9.10. The second-order valence-electron chi connectivity index (χ2n) is 3.67. The lowest BCUT2D eigenvalue weighted by molar-refractivity contribution is -0.140. The van der Waals surface area contributed by atoms with Crippen LogP contribution in [0.1, 0.15) is 30.2 Å². The van der Waals surface area contributed by atoms with Gasteiger partial charge in [-0.3, -0.25) is 10.1 Å². The molecule has 1 fully saturated rings. The Bertz CT molecular complexity index is 366. The Labute approximate surface area is 101 Å². The monoisotopic (exact) mass is 289 g/mol. The Hall–Kier alpha value is -0.390. The summed E-state index contributed by atoms with van der Waals surface area (Å²) in [7, 11) is 0. The van der Waals surface area contributed by atoms with E-state index in [0.717, 1.165) is 23.7 Å². The molecule has 0 bridgehead atoms. The molecule has 3 nitrogen and oxygen atoms in total. The Balaban J connectivity index is 2.11. The average Bonchev–Trinajstić information content (AvgIpc) is 2.64. The first-order chi connectivity index (χ1) is 7.18. The van der Waals surface area contributed by atoms with Gasteiger partial charge in [0, 0.05) is 15.4 Å². The number of aliphatic carboxylic acids is 1. The summed E-state index contributed by atoms with van der Waals surface area (Å²) < 4.78 is 1.08. The highest BCUT2D eigenvalue weighted by Gasteiger charge is 2.28. The quantitative estimate of drug-likeness (QED) is 0.880. The minimum absolute atomic E-state index is 0.189. The molecule has 2 N–H and O–H groups in total. The number of carbonyl (C=O) groups is 1. The number of rotatable bonds is 2. The van der Waals surface area contributed by atoms with Crippen molar-refractivity contribution in [3.8, 4) is 0 Å². The third-order valence-corrected chi connectivity index (χ3v) is 4.63. The van der Waals surface area contributed by atoms with Gasteiger partial charge in [-0.25, -0.2) is 0 Å². The summed E-state index contributed by atoms with van der Waals surface area (Å²) in [6.45, 7) is 0. The van der Waals surface area contributed by atoms with Gasteiger partial charge in [-0.2, -0.15) is 0 Å². The zero-order valence-corrected chi connectivity index (χ0v) is 10.5. The molecular weight excluding hydrogens is 278 g/mol. The number of hydrogen-bond donors (Lipinski definition) is 2. The number of carboxylic acids is 1. The standard InChI is InChI=1S/C10H12BrNO2S/c11-6-4-5-15-9(6)7-2-1-3-8(12-7)10(13)14/h4-5,7-8,12H,1-3H2,(H,13,14). The number of nitrogens with one attached hydrogen (secondary N) is 1. The minimum atomic E-state index is -0.743. The van der Waals surface area contributed by atoms with Gasteiger partial charge in [-0.15, -0.1) is 11.3 Å². The first kappa shape index (κ1) is 11.1. The molecule has 1 aliphatic heterocycles. The number of thiophene rings is 1. The van der Waals surface area contributed by atoms with Crippen LogP contribution in [0.3, 0.4) is 0 Å². The highest BCUT2D eigenvalue weighted by Crippen LogP contribution is 2.34. The summed E-state index contributed by atoms with van der Waals surface area (Å²) >= 11 is 5.15. The Morgan fingerprint density at radius 2 is 2.40 bits per heavy atom. The molecule has 2 heterocycles. The van der Waals surface area contributed by atoms with Gasteiger partial charge in [0.15, 0.2) is 0 Å². The maximum absolute atomic E-state index is 10.9. The molecule has 0 aliphatic carbocycles. The van der Waals surface area contributed by atoms with E-state index in [1.54, 1.807) is 11.3 Å². The van der Waals surface area contributed by atoms with Crippen molar-refractivity contribution >= 4 is 33.2 Å². The van der Waals surface area contributed by atoms with Crippen molar-refractivity contribution in [2.75, 3.05) is 0 Å². The first-order valence-corrected chi connectivity index (χ1v) is 6.57. The summed E-state index contributed by atoms with van der Waals surface area (Å²) in [5.74, 6) is -0.743. The van der Waals surface area contributed by atoms with E-state index in [1.807, 2.05) is 11.4 Å². The Kier molecular flexibility index (Phi) is 3.43. The lowest BCUT2D eigenvalue weighted by Gasteiger charge is -2.28. The van der Waals surface area contributed by atoms with Crippen LogP contribution >= 0.6 is 27.3 Å². The molecule has 1 aliphatic rings. The molecule has 1 aromatic rings. The molecule has 2 atom stereocenters. The van der Waals surface area contributed by atoms with Crippen LogP contribution in [0, 0.1) is 0 Å². The summed E-state index contributed by atoms with van der Waals surface area (Å²) in [4.78, 5) is 12.1. The summed E-state index contributed by atoms with van der Waals surface area (Å²) in [5, 5.41) is 14.1. The van der Waals surface area contributed by atoms with E-state index in [1.165, 1.54) is 4.88 Å². The van der Waals surface area contributed by atoms with Crippen molar-refractivity contribution in [1.82, 2.24) is 5.32 Å². The van der Waals surface area contributed by atoms with Gasteiger partial charge >= 0.3 is 5.97 Å². The maximum Gasteiger partial charge on any atom is 0.320 e. The van der Waals surface area contributed by atoms with Crippen LogP contribution < -0.4 is 5.32 Å². The smallest absolute Gasteiger partial charge is 0.320 e. The second-order valence-corrected chi connectivity index (χ2v) is 5.48.